The molecular formula is C25H29N7O7S. The molecule has 0 radical (unpaired) electrons. The van der Waals surface area contributed by atoms with Crippen LogP contribution in [0.3, 0.4) is 0 Å². The first-order valence-corrected chi connectivity index (χ1v) is 13.1. The van der Waals surface area contributed by atoms with Gasteiger partial charge in [0.25, 0.3) is 11.8 Å². The number of nitrogens with one attached hydrogen (secondary N) is 4. The van der Waals surface area contributed by atoms with Crippen LogP contribution in [-0.4, -0.2) is 67.5 Å². The Balaban J connectivity index is 1.72. The van der Waals surface area contributed by atoms with Crippen molar-refractivity contribution in [3.63, 3.8) is 0 Å². The van der Waals surface area contributed by atoms with Gasteiger partial charge in [-0.1, -0.05) is 6.07 Å². The van der Waals surface area contributed by atoms with Gasteiger partial charge in [0, 0.05) is 18.0 Å². The molecule has 7 N–H and O–H groups in total. The number of benzene rings is 1. The van der Waals surface area contributed by atoms with E-state index in [1.165, 1.54) is 24.5 Å². The molecule has 212 valence electrons. The van der Waals surface area contributed by atoms with Gasteiger partial charge in [-0.05, 0) is 45.7 Å². The number of carbonyl (C=O) groups excluding carboxylic acids is 3. The van der Waals surface area contributed by atoms with Gasteiger partial charge >= 0.3 is 6.10 Å². The molecule has 0 unspecified atom stereocenters. The number of methoxy groups -OCH3 is 1. The zero-order valence-electron chi connectivity index (χ0n) is 22.1. The molecule has 3 amide bonds. The molecule has 15 heteroatoms. The lowest BCUT2D eigenvalue weighted by molar-refractivity contribution is -0.323. The summed E-state index contributed by atoms with van der Waals surface area (Å²) in [5.74, 6) is -1.41. The van der Waals surface area contributed by atoms with Gasteiger partial charge in [-0.3, -0.25) is 19.7 Å². The van der Waals surface area contributed by atoms with Crippen molar-refractivity contribution in [3.8, 4) is 16.3 Å². The average Bonchev–Trinajstić information content (AvgIpc) is 3.64. The summed E-state index contributed by atoms with van der Waals surface area (Å²) < 4.78 is 5.67. The lowest BCUT2D eigenvalue weighted by Gasteiger charge is -2.18. The van der Waals surface area contributed by atoms with Gasteiger partial charge in [0.1, 0.15) is 9.88 Å². The van der Waals surface area contributed by atoms with Gasteiger partial charge in [0.15, 0.2) is 17.3 Å². The quantitative estimate of drug-likeness (QED) is 0.173. The number of ether oxygens (including phenoxy) is 1. The molecule has 1 aliphatic rings. The fraction of sp³-hybridized carbons (Fsp3) is 0.360. The van der Waals surface area contributed by atoms with E-state index in [9.17, 15) is 29.7 Å². The molecule has 40 heavy (non-hydrogen) atoms. The molecule has 1 fully saturated rings. The first-order valence-electron chi connectivity index (χ1n) is 12.3. The van der Waals surface area contributed by atoms with Crippen molar-refractivity contribution in [2.75, 3.05) is 17.7 Å². The number of rotatable bonds is 10. The Morgan fingerprint density at radius 1 is 1.10 bits per heavy atom. The number of aromatic nitrogens is 3. The number of aliphatic hydroxyl groups is 3. The third kappa shape index (κ3) is 6.87. The van der Waals surface area contributed by atoms with Crippen molar-refractivity contribution in [3.05, 3.63) is 40.5 Å². The van der Waals surface area contributed by atoms with Crippen LogP contribution in [0.25, 0.3) is 10.6 Å². The van der Waals surface area contributed by atoms with E-state index in [1.807, 2.05) is 13.8 Å². The number of anilines is 3. The molecule has 1 saturated carbocycles. The van der Waals surface area contributed by atoms with Gasteiger partial charge in [0.05, 0.1) is 29.7 Å². The number of hydrogen-bond donors (Lipinski definition) is 7. The molecule has 14 nitrogen and oxygen atoms in total. The molecule has 1 aliphatic carbocycles. The lowest BCUT2D eigenvalue weighted by Crippen LogP contribution is -2.48. The molecular weight excluding hydrogens is 542 g/mol. The topological polar surface area (TPSA) is 208 Å². The van der Waals surface area contributed by atoms with Gasteiger partial charge in [-0.25, -0.2) is 4.98 Å². The zero-order chi connectivity index (χ0) is 29.2. The summed E-state index contributed by atoms with van der Waals surface area (Å²) in [6.07, 6.45) is -1.98. The van der Waals surface area contributed by atoms with Crippen LogP contribution in [0.5, 0.6) is 5.75 Å². The predicted molar refractivity (Wildman–Crippen MR) is 145 cm³/mol. The summed E-state index contributed by atoms with van der Waals surface area (Å²) in [6.45, 7) is 5.46. The first kappa shape index (κ1) is 28.8. The van der Waals surface area contributed by atoms with E-state index < -0.39 is 17.7 Å². The van der Waals surface area contributed by atoms with E-state index in [0.717, 1.165) is 12.8 Å². The fourth-order valence-corrected chi connectivity index (χ4v) is 4.71. The second kappa shape index (κ2) is 11.5. The van der Waals surface area contributed by atoms with E-state index in [0.29, 0.717) is 32.6 Å². The van der Waals surface area contributed by atoms with Crippen LogP contribution in [0.2, 0.25) is 0 Å². The minimum absolute atomic E-state index is 0.00520. The van der Waals surface area contributed by atoms with Crippen LogP contribution in [0.15, 0.2) is 24.3 Å². The Hall–Kier alpha value is -4.18. The Morgan fingerprint density at radius 3 is 2.45 bits per heavy atom. The van der Waals surface area contributed by atoms with Crippen molar-refractivity contribution < 1.29 is 34.4 Å². The minimum Gasteiger partial charge on any atom is -0.494 e. The minimum atomic E-state index is -3.51. The van der Waals surface area contributed by atoms with Crippen LogP contribution >= 0.6 is 11.3 Å². The van der Waals surface area contributed by atoms with Gasteiger partial charge in [-0.2, -0.15) is 0 Å². The van der Waals surface area contributed by atoms with Crippen molar-refractivity contribution in [1.29, 1.82) is 0 Å². The average molecular weight is 572 g/mol. The molecule has 0 spiro atoms. The van der Waals surface area contributed by atoms with Crippen LogP contribution in [0, 0.1) is 12.8 Å². The van der Waals surface area contributed by atoms with Crippen molar-refractivity contribution in [1.82, 2.24) is 25.8 Å². The molecule has 2 aromatic heterocycles. The summed E-state index contributed by atoms with van der Waals surface area (Å²) in [5, 5.41) is 45.9. The maximum absolute atomic E-state index is 12.6. The van der Waals surface area contributed by atoms with E-state index in [2.05, 4.69) is 31.1 Å². The summed E-state index contributed by atoms with van der Waals surface area (Å²) in [7, 11) is 1.44. The second-order valence-corrected chi connectivity index (χ2v) is 10.4. The van der Waals surface area contributed by atoms with Gasteiger partial charge in [-0.15, -0.1) is 21.5 Å². The lowest BCUT2D eigenvalue weighted by atomic mass is 10.1. The monoisotopic (exact) mass is 571 g/mol. The highest BCUT2D eigenvalue weighted by Gasteiger charge is 2.31. The number of hydrogen-bond acceptors (Lipinski definition) is 12. The Labute approximate surface area is 232 Å². The predicted octanol–water partition coefficient (Wildman–Crippen LogP) is 1.47. The number of nitrogens with zero attached hydrogens (tertiary/aromatic N) is 3. The highest BCUT2D eigenvalue weighted by molar-refractivity contribution is 7.17. The summed E-state index contributed by atoms with van der Waals surface area (Å²) in [6, 6.07) is 6.39. The third-order valence-electron chi connectivity index (χ3n) is 5.63. The normalized spacial score (nSPS) is 13.1. The van der Waals surface area contributed by atoms with Crippen LogP contribution in [-0.2, 0) is 4.79 Å². The number of para-hydroxylation sites is 1. The molecule has 4 rings (SSSR count). The Kier molecular flexibility index (Phi) is 8.29. The Morgan fingerprint density at radius 2 is 1.82 bits per heavy atom. The van der Waals surface area contributed by atoms with Crippen molar-refractivity contribution in [2.24, 2.45) is 5.92 Å². The summed E-state index contributed by atoms with van der Waals surface area (Å²) >= 11 is 1.19. The number of carbonyl (C=O) groups is 3. The largest absolute Gasteiger partial charge is 0.494 e. The van der Waals surface area contributed by atoms with Crippen molar-refractivity contribution >= 4 is 46.3 Å². The van der Waals surface area contributed by atoms with E-state index in [4.69, 9.17) is 4.74 Å². The SMILES string of the molecule is COc1c(Nc2cc(NC(=O)C3CC3)nnc2C(=O)NC(O)(O)O)cccc1-c1nc(C)c(C(=O)NC(C)C)s1. The highest BCUT2D eigenvalue weighted by atomic mass is 32.1. The highest BCUT2D eigenvalue weighted by Crippen LogP contribution is 2.40. The second-order valence-electron chi connectivity index (χ2n) is 9.42. The first-order chi connectivity index (χ1) is 18.9. The van der Waals surface area contributed by atoms with Gasteiger partial charge < -0.3 is 36.0 Å². The maximum atomic E-state index is 12.6. The van der Waals surface area contributed by atoms with Crippen LogP contribution < -0.4 is 26.0 Å². The molecule has 0 bridgehead atoms. The van der Waals surface area contributed by atoms with E-state index >= 15 is 0 Å². The summed E-state index contributed by atoms with van der Waals surface area (Å²) in [4.78, 5) is 42.5. The number of thiazole rings is 1. The maximum Gasteiger partial charge on any atom is 0.369 e. The zero-order valence-corrected chi connectivity index (χ0v) is 22.9. The standard InChI is InChI=1S/C25H29N7O7S/c1-11(2)26-23(35)20-12(3)27-24(40-20)14-6-5-7-15(19(14)39-4)28-16-10-17(29-21(33)13-8-9-13)31-32-18(16)22(34)30-25(36,37)38/h5-7,10-11,13,36-38H,8-9H2,1-4H3,(H,26,35)(H,30,34)(H2,28,29,31,33). The molecule has 0 aliphatic heterocycles. The molecule has 3 aromatic rings. The summed E-state index contributed by atoms with van der Waals surface area (Å²) in [5.41, 5.74) is 1.04. The fourth-order valence-electron chi connectivity index (χ4n) is 3.72. The van der Waals surface area contributed by atoms with Crippen molar-refractivity contribution in [2.45, 2.75) is 45.8 Å². The smallest absolute Gasteiger partial charge is 0.369 e. The van der Waals surface area contributed by atoms with Crippen LogP contribution in [0.1, 0.15) is 52.5 Å². The molecule has 0 atom stereocenters. The molecule has 2 heterocycles. The van der Waals surface area contributed by atoms with Crippen LogP contribution in [0.4, 0.5) is 17.2 Å². The van der Waals surface area contributed by atoms with E-state index in [1.54, 1.807) is 30.4 Å². The van der Waals surface area contributed by atoms with Gasteiger partial charge in [0.2, 0.25) is 5.91 Å². The Bertz CT molecular complexity index is 1450. The molecule has 0 saturated heterocycles. The third-order valence-corrected chi connectivity index (χ3v) is 6.82. The number of amides is 3. The molecule has 1 aromatic carbocycles. The number of aryl methyl sites for hydroxylation is 1. The van der Waals surface area contributed by atoms with E-state index in [-0.39, 0.29) is 35.3 Å².